The largest absolute Gasteiger partial charge is 0.385 e. The van der Waals surface area contributed by atoms with E-state index in [-0.39, 0.29) is 11.7 Å². The molecule has 3 amide bonds. The van der Waals surface area contributed by atoms with Crippen molar-refractivity contribution in [3.63, 3.8) is 0 Å². The van der Waals surface area contributed by atoms with Crippen molar-refractivity contribution < 1.29 is 14.3 Å². The first-order chi connectivity index (χ1) is 12.0. The third-order valence-electron chi connectivity index (χ3n) is 4.03. The predicted octanol–water partition coefficient (Wildman–Crippen LogP) is 0.857. The van der Waals surface area contributed by atoms with Gasteiger partial charge in [-0.1, -0.05) is 24.6 Å². The molecule has 0 unspecified atom stereocenters. The quantitative estimate of drug-likeness (QED) is 0.461. The molecule has 0 radical (unpaired) electrons. The van der Waals surface area contributed by atoms with Crippen LogP contribution in [-0.4, -0.2) is 51.7 Å². The van der Waals surface area contributed by atoms with E-state index in [4.69, 9.17) is 4.74 Å². The summed E-state index contributed by atoms with van der Waals surface area (Å²) in [5.41, 5.74) is -0.329. The second-order valence-electron chi connectivity index (χ2n) is 6.01. The van der Waals surface area contributed by atoms with Crippen molar-refractivity contribution in [2.75, 3.05) is 13.7 Å². The molecule has 0 aromatic carbocycles. The summed E-state index contributed by atoms with van der Waals surface area (Å²) in [6.45, 7) is 2.64. The minimum atomic E-state index is -0.564. The molecule has 1 aromatic heterocycles. The average Bonchev–Trinajstić information content (AvgIpc) is 3.19. The van der Waals surface area contributed by atoms with Gasteiger partial charge in [-0.2, -0.15) is 0 Å². The van der Waals surface area contributed by atoms with Crippen LogP contribution in [0.2, 0.25) is 0 Å². The highest BCUT2D eigenvalue weighted by Gasteiger charge is 2.22. The van der Waals surface area contributed by atoms with E-state index in [2.05, 4.69) is 20.8 Å². The standard InChI is InChI=1S/C15H25N5O4S/c1-10(12(21)17-13(22)16-11-6-3-4-7-11)25-15-19-18-14(23)20(15)8-5-9-24-2/h10-11H,3-9H2,1-2H3,(H,18,23)(H2,16,17,21,22)/t10-/m0/s1. The Morgan fingerprint density at radius 1 is 1.44 bits per heavy atom. The molecule has 0 bridgehead atoms. The molecule has 1 heterocycles. The van der Waals surface area contributed by atoms with Crippen LogP contribution in [-0.2, 0) is 16.1 Å². The number of aromatic nitrogens is 3. The number of imide groups is 1. The lowest BCUT2D eigenvalue weighted by molar-refractivity contribution is -0.119. The fourth-order valence-electron chi connectivity index (χ4n) is 2.67. The maximum absolute atomic E-state index is 12.2. The van der Waals surface area contributed by atoms with Crippen LogP contribution in [0.4, 0.5) is 4.79 Å². The summed E-state index contributed by atoms with van der Waals surface area (Å²) in [5, 5.41) is 11.3. The van der Waals surface area contributed by atoms with Gasteiger partial charge in [-0.3, -0.25) is 14.7 Å². The van der Waals surface area contributed by atoms with Crippen LogP contribution >= 0.6 is 11.8 Å². The fourth-order valence-corrected chi connectivity index (χ4v) is 3.56. The normalized spacial score (nSPS) is 15.9. The molecule has 10 heteroatoms. The summed E-state index contributed by atoms with van der Waals surface area (Å²) < 4.78 is 6.44. The first kappa shape index (κ1) is 19.5. The van der Waals surface area contributed by atoms with Gasteiger partial charge < -0.3 is 10.1 Å². The molecule has 1 fully saturated rings. The Morgan fingerprint density at radius 3 is 2.84 bits per heavy atom. The third-order valence-corrected chi connectivity index (χ3v) is 5.12. The maximum atomic E-state index is 12.2. The Morgan fingerprint density at radius 2 is 2.16 bits per heavy atom. The lowest BCUT2D eigenvalue weighted by atomic mass is 10.2. The molecule has 1 aliphatic carbocycles. The second kappa shape index (κ2) is 9.62. The van der Waals surface area contributed by atoms with E-state index < -0.39 is 17.2 Å². The second-order valence-corrected chi connectivity index (χ2v) is 7.32. The number of carbonyl (C=O) groups is 2. The van der Waals surface area contributed by atoms with Gasteiger partial charge in [0.15, 0.2) is 5.16 Å². The highest BCUT2D eigenvalue weighted by molar-refractivity contribution is 8.00. The van der Waals surface area contributed by atoms with E-state index in [0.717, 1.165) is 37.4 Å². The van der Waals surface area contributed by atoms with Gasteiger partial charge in [-0.25, -0.2) is 14.7 Å². The maximum Gasteiger partial charge on any atom is 0.343 e. The Balaban J connectivity index is 1.85. The van der Waals surface area contributed by atoms with Gasteiger partial charge in [0.05, 0.1) is 5.25 Å². The average molecular weight is 371 g/mol. The molecular formula is C15H25N5O4S. The van der Waals surface area contributed by atoms with Crippen molar-refractivity contribution in [3.8, 4) is 0 Å². The minimum Gasteiger partial charge on any atom is -0.385 e. The van der Waals surface area contributed by atoms with Crippen molar-refractivity contribution in [1.82, 2.24) is 25.4 Å². The zero-order chi connectivity index (χ0) is 18.2. The SMILES string of the molecule is COCCCn1c(S[C@@H](C)C(=O)NC(=O)NC2CCCC2)n[nH]c1=O. The molecular weight excluding hydrogens is 346 g/mol. The molecule has 140 valence electrons. The lowest BCUT2D eigenvalue weighted by Crippen LogP contribution is -2.46. The number of rotatable bonds is 8. The van der Waals surface area contributed by atoms with E-state index in [1.54, 1.807) is 14.0 Å². The summed E-state index contributed by atoms with van der Waals surface area (Å²) in [7, 11) is 1.59. The highest BCUT2D eigenvalue weighted by atomic mass is 32.2. The number of aromatic amines is 1. The van der Waals surface area contributed by atoms with Crippen LogP contribution in [0, 0.1) is 0 Å². The number of nitrogens with zero attached hydrogens (tertiary/aromatic N) is 2. The minimum absolute atomic E-state index is 0.146. The van der Waals surface area contributed by atoms with Crippen LogP contribution < -0.4 is 16.3 Å². The van der Waals surface area contributed by atoms with Gasteiger partial charge in [0.25, 0.3) is 0 Å². The molecule has 0 aliphatic heterocycles. The van der Waals surface area contributed by atoms with E-state index >= 15 is 0 Å². The van der Waals surface area contributed by atoms with Gasteiger partial charge in [-0.15, -0.1) is 5.10 Å². The molecule has 1 saturated carbocycles. The third kappa shape index (κ3) is 5.89. The van der Waals surface area contributed by atoms with Crippen molar-refractivity contribution >= 4 is 23.7 Å². The smallest absolute Gasteiger partial charge is 0.343 e. The number of amides is 3. The van der Waals surface area contributed by atoms with E-state index in [1.807, 2.05) is 0 Å². The van der Waals surface area contributed by atoms with Crippen LogP contribution in [0.15, 0.2) is 9.95 Å². The van der Waals surface area contributed by atoms with E-state index in [9.17, 15) is 14.4 Å². The highest BCUT2D eigenvalue weighted by Crippen LogP contribution is 2.20. The molecule has 1 aromatic rings. The van der Waals surface area contributed by atoms with Gasteiger partial charge in [0.2, 0.25) is 5.91 Å². The van der Waals surface area contributed by atoms with Crippen molar-refractivity contribution in [2.24, 2.45) is 0 Å². The number of thioether (sulfide) groups is 1. The zero-order valence-corrected chi connectivity index (χ0v) is 15.4. The van der Waals surface area contributed by atoms with Crippen LogP contribution in [0.25, 0.3) is 0 Å². The number of hydrogen-bond donors (Lipinski definition) is 3. The number of nitrogens with one attached hydrogen (secondary N) is 3. The summed E-state index contributed by atoms with van der Waals surface area (Å²) in [6, 6.07) is -0.322. The Labute approximate surface area is 150 Å². The number of methoxy groups -OCH3 is 1. The van der Waals surface area contributed by atoms with Gasteiger partial charge in [0, 0.05) is 26.3 Å². The molecule has 2 rings (SSSR count). The monoisotopic (exact) mass is 371 g/mol. The number of H-pyrrole nitrogens is 1. The van der Waals surface area contributed by atoms with Crippen LogP contribution in [0.3, 0.4) is 0 Å². The first-order valence-corrected chi connectivity index (χ1v) is 9.31. The number of carbonyl (C=O) groups excluding carboxylic acids is 2. The number of hydrogen-bond acceptors (Lipinski definition) is 6. The van der Waals surface area contributed by atoms with E-state index in [1.165, 1.54) is 4.57 Å². The summed E-state index contributed by atoms with van der Waals surface area (Å²) in [6.07, 6.45) is 4.77. The number of urea groups is 1. The van der Waals surface area contributed by atoms with Crippen LogP contribution in [0.5, 0.6) is 0 Å². The predicted molar refractivity (Wildman–Crippen MR) is 93.6 cm³/mol. The fraction of sp³-hybridized carbons (Fsp3) is 0.733. The number of ether oxygens (including phenoxy) is 1. The molecule has 3 N–H and O–H groups in total. The van der Waals surface area contributed by atoms with Crippen molar-refractivity contribution in [3.05, 3.63) is 10.5 Å². The Bertz CT molecular complexity index is 638. The lowest BCUT2D eigenvalue weighted by Gasteiger charge is -2.14. The van der Waals surface area contributed by atoms with Crippen LogP contribution in [0.1, 0.15) is 39.0 Å². The first-order valence-electron chi connectivity index (χ1n) is 8.43. The van der Waals surface area contributed by atoms with E-state index in [0.29, 0.717) is 24.7 Å². The van der Waals surface area contributed by atoms with Gasteiger partial charge in [-0.05, 0) is 26.2 Å². The summed E-state index contributed by atoms with van der Waals surface area (Å²) in [5.74, 6) is -0.417. The molecule has 0 saturated heterocycles. The van der Waals surface area contributed by atoms with Gasteiger partial charge in [0.1, 0.15) is 0 Å². The summed E-state index contributed by atoms with van der Waals surface area (Å²) >= 11 is 1.13. The topological polar surface area (TPSA) is 118 Å². The molecule has 1 atom stereocenters. The molecule has 25 heavy (non-hydrogen) atoms. The molecule has 1 aliphatic rings. The van der Waals surface area contributed by atoms with Gasteiger partial charge >= 0.3 is 11.7 Å². The molecule has 9 nitrogen and oxygen atoms in total. The molecule has 0 spiro atoms. The Kier molecular flexibility index (Phi) is 7.51. The Hall–Kier alpha value is -1.81. The van der Waals surface area contributed by atoms with Crippen molar-refractivity contribution in [2.45, 2.75) is 62.0 Å². The zero-order valence-electron chi connectivity index (χ0n) is 14.5. The summed E-state index contributed by atoms with van der Waals surface area (Å²) in [4.78, 5) is 35.8. The van der Waals surface area contributed by atoms with Crippen molar-refractivity contribution in [1.29, 1.82) is 0 Å².